The molecule has 6 N–H and O–H groups in total. The second kappa shape index (κ2) is 45.8. The first kappa shape index (κ1) is 63.1. The largest absolute Gasteiger partial charge is 0.379 e. The van der Waals surface area contributed by atoms with Crippen molar-refractivity contribution >= 4 is 35.4 Å². The predicted molar refractivity (Wildman–Crippen MR) is 267 cm³/mol. The summed E-state index contributed by atoms with van der Waals surface area (Å²) in [6.07, 6.45) is 13.1. The van der Waals surface area contributed by atoms with Gasteiger partial charge in [0.05, 0.1) is 119 Å². The van der Waals surface area contributed by atoms with Gasteiger partial charge >= 0.3 is 0 Å². The van der Waals surface area contributed by atoms with Crippen molar-refractivity contribution in [3.05, 3.63) is 11.9 Å². The Morgan fingerprint density at radius 3 is 1.49 bits per heavy atom. The number of thioether (sulfide) groups is 1. The van der Waals surface area contributed by atoms with Crippen molar-refractivity contribution in [2.75, 3.05) is 144 Å². The topological polar surface area (TPSA) is 256 Å². The molecule has 2 aliphatic rings. The fraction of sp³-hybridized carbons (Fsp3) is 0.875. The summed E-state index contributed by atoms with van der Waals surface area (Å²) < 4.78 is 49.9. The third-order valence-corrected chi connectivity index (χ3v) is 12.4. The summed E-state index contributed by atoms with van der Waals surface area (Å²) in [4.78, 5) is 47.5. The van der Waals surface area contributed by atoms with E-state index >= 15 is 0 Å². The van der Waals surface area contributed by atoms with Crippen molar-refractivity contribution in [3.8, 4) is 0 Å². The van der Waals surface area contributed by atoms with E-state index in [2.05, 4.69) is 38.5 Å². The molecule has 3 rings (SSSR count). The molecule has 0 radical (unpaired) electrons. The first-order valence-electron chi connectivity index (χ1n) is 25.8. The van der Waals surface area contributed by atoms with Crippen LogP contribution in [-0.4, -0.2) is 194 Å². The van der Waals surface area contributed by atoms with Gasteiger partial charge in [0.1, 0.15) is 5.69 Å². The Hall–Kier alpha value is -3.03. The summed E-state index contributed by atoms with van der Waals surface area (Å²) in [5.74, 6) is 1.92. The average Bonchev–Trinajstić information content (AvgIpc) is 4.07. The van der Waals surface area contributed by atoms with Crippen LogP contribution in [0.3, 0.4) is 0 Å². The monoisotopic (exact) mass is 1020 g/mol. The highest BCUT2D eigenvalue weighted by Gasteiger charge is 2.42. The number of nitrogens with two attached hydrogens (primary N) is 1. The van der Waals surface area contributed by atoms with E-state index in [9.17, 15) is 19.2 Å². The molecule has 0 aliphatic carbocycles. The molecule has 0 aromatic carbocycles. The molecule has 0 bridgehead atoms. The van der Waals surface area contributed by atoms with Crippen LogP contribution in [0.15, 0.2) is 6.20 Å². The molecular formula is C48H90N8O13S. The van der Waals surface area contributed by atoms with Crippen molar-refractivity contribution in [1.82, 2.24) is 36.3 Å². The number of hydrogen-bond acceptors (Lipinski definition) is 17. The van der Waals surface area contributed by atoms with E-state index in [4.69, 9.17) is 48.4 Å². The first-order valence-corrected chi connectivity index (χ1v) is 26.8. The molecule has 22 heteroatoms. The summed E-state index contributed by atoms with van der Waals surface area (Å²) in [5, 5.41) is 20.1. The van der Waals surface area contributed by atoms with Crippen molar-refractivity contribution in [2.45, 2.75) is 115 Å². The molecule has 406 valence electrons. The van der Waals surface area contributed by atoms with E-state index < -0.39 is 0 Å². The molecule has 2 aliphatic heterocycles. The summed E-state index contributed by atoms with van der Waals surface area (Å²) in [6.45, 7) is 14.5. The Labute approximate surface area is 421 Å². The average molecular weight is 1020 g/mol. The predicted octanol–water partition coefficient (Wildman–Crippen LogP) is 2.47. The smallest absolute Gasteiger partial charge is 0.220 e. The zero-order chi connectivity index (χ0) is 50.4. The highest BCUT2D eigenvalue weighted by Crippen LogP contribution is 2.39. The lowest BCUT2D eigenvalue weighted by molar-refractivity contribution is -0.122. The zero-order valence-electron chi connectivity index (χ0n) is 42.6. The van der Waals surface area contributed by atoms with E-state index in [0.29, 0.717) is 181 Å². The lowest BCUT2D eigenvalue weighted by Crippen LogP contribution is -2.34. The highest BCUT2D eigenvalue weighted by molar-refractivity contribution is 8.00. The minimum atomic E-state index is -0.00126. The quantitative estimate of drug-likeness (QED) is 0.0588. The van der Waals surface area contributed by atoms with E-state index in [0.717, 1.165) is 82.3 Å². The molecule has 1 aromatic rings. The lowest BCUT2D eigenvalue weighted by atomic mass is 9.97. The Bertz CT molecular complexity index is 1410. The van der Waals surface area contributed by atoms with Crippen LogP contribution < -0.4 is 27.0 Å². The normalized spacial score (nSPS) is 16.2. The Balaban J connectivity index is 0.000000495. The molecule has 3 atom stereocenters. The van der Waals surface area contributed by atoms with E-state index in [1.165, 1.54) is 0 Å². The Morgan fingerprint density at radius 2 is 1.06 bits per heavy atom. The number of carbonyl (C=O) groups is 4. The highest BCUT2D eigenvalue weighted by atomic mass is 32.2. The van der Waals surface area contributed by atoms with E-state index in [1.54, 1.807) is 17.9 Å². The van der Waals surface area contributed by atoms with E-state index in [1.807, 2.05) is 11.8 Å². The summed E-state index contributed by atoms with van der Waals surface area (Å²) in [5.41, 5.74) is 6.05. The number of nitrogens with one attached hydrogen (secondary N) is 4. The number of nitrogens with zero attached hydrogens (tertiary/aromatic N) is 3. The van der Waals surface area contributed by atoms with Gasteiger partial charge in [-0.1, -0.05) is 31.4 Å². The minimum absolute atomic E-state index is 0.00126. The van der Waals surface area contributed by atoms with Gasteiger partial charge in [0.15, 0.2) is 0 Å². The van der Waals surface area contributed by atoms with Crippen LogP contribution in [0.25, 0.3) is 0 Å². The molecular weight excluding hydrogens is 929 g/mol. The van der Waals surface area contributed by atoms with Crippen molar-refractivity contribution in [1.29, 1.82) is 0 Å². The maximum absolute atomic E-state index is 12.1. The summed E-state index contributed by atoms with van der Waals surface area (Å²) in [7, 11) is 1.79. The number of carbonyl (C=O) groups excluding carboxylic acids is 4. The van der Waals surface area contributed by atoms with Gasteiger partial charge in [0, 0.05) is 76.5 Å². The number of aryl methyl sites for hydroxylation is 1. The van der Waals surface area contributed by atoms with E-state index in [-0.39, 0.29) is 23.6 Å². The van der Waals surface area contributed by atoms with Crippen molar-refractivity contribution in [3.63, 3.8) is 0 Å². The van der Waals surface area contributed by atoms with Crippen LogP contribution in [-0.2, 0) is 75.4 Å². The van der Waals surface area contributed by atoms with Gasteiger partial charge in [-0.15, -0.1) is 5.10 Å². The Morgan fingerprint density at radius 1 is 0.629 bits per heavy atom. The summed E-state index contributed by atoms with van der Waals surface area (Å²) >= 11 is 1.97. The van der Waals surface area contributed by atoms with Gasteiger partial charge in [-0.2, -0.15) is 11.8 Å². The first-order chi connectivity index (χ1) is 34.3. The number of ether oxygens (including phenoxy) is 9. The maximum atomic E-state index is 12.1. The number of amides is 4. The molecule has 70 heavy (non-hydrogen) atoms. The molecule has 4 amide bonds. The van der Waals surface area contributed by atoms with Crippen LogP contribution in [0.1, 0.15) is 103 Å². The molecule has 2 fully saturated rings. The number of rotatable bonds is 47. The lowest BCUT2D eigenvalue weighted by Gasteiger charge is -2.17. The number of unbranched alkanes of at least 4 members (excludes halogenated alkanes) is 5. The number of fused-ring (bicyclic) bond motifs is 1. The molecule has 0 spiro atoms. The third kappa shape index (κ3) is 36.8. The molecule has 2 saturated heterocycles. The van der Waals surface area contributed by atoms with Crippen LogP contribution in [0.4, 0.5) is 0 Å². The fourth-order valence-corrected chi connectivity index (χ4v) is 8.83. The minimum Gasteiger partial charge on any atom is -0.379 e. The summed E-state index contributed by atoms with van der Waals surface area (Å²) in [6, 6.07) is 0.338. The molecule has 3 heterocycles. The number of hydrogen-bond donors (Lipinski definition) is 5. The van der Waals surface area contributed by atoms with Gasteiger partial charge in [-0.3, -0.25) is 23.9 Å². The SMILES string of the molecule is CCCOCCOCCOCCOCCOCCOCCOCCOCCOCCN.Cn1cc(CNC(=O)CCCCCNC(=O)CCCCCNC(=O)CCCC[C@@H]2SCC3CC(=O)NC32)nn1. The zero-order valence-corrected chi connectivity index (χ0v) is 43.4. The van der Waals surface area contributed by atoms with Crippen LogP contribution in [0, 0.1) is 5.92 Å². The fourth-order valence-electron chi connectivity index (χ4n) is 7.18. The van der Waals surface area contributed by atoms with Gasteiger partial charge in [-0.05, 0) is 56.6 Å². The number of aromatic nitrogens is 3. The standard InChI is InChI=1S/C27H45N7O4S.C21H45NO9/c1-34-18-21(32-33-34)17-30-25(37)12-5-3-9-14-28-23(35)11-4-2-8-15-29-24(36)13-7-6-10-22-27-20(19-39-22)16-26(38)31-27;1-2-4-23-6-8-25-10-12-27-14-16-29-18-20-31-21-19-30-17-15-28-13-11-26-9-7-24-5-3-22/h18,20,22,27H,2-17,19H2,1H3,(H,28,35)(H,29,36)(H,30,37)(H,31,38);2-22H2,1H3/t20?,22-,27?;/m0./s1. The van der Waals surface area contributed by atoms with Crippen LogP contribution in [0.2, 0.25) is 0 Å². The van der Waals surface area contributed by atoms with Crippen LogP contribution >= 0.6 is 11.8 Å². The van der Waals surface area contributed by atoms with Gasteiger partial charge in [0.25, 0.3) is 0 Å². The second-order valence-corrected chi connectivity index (χ2v) is 18.2. The van der Waals surface area contributed by atoms with Crippen molar-refractivity contribution in [2.24, 2.45) is 18.7 Å². The molecule has 2 unspecified atom stereocenters. The maximum Gasteiger partial charge on any atom is 0.220 e. The Kier molecular flexibility index (Phi) is 41.3. The molecule has 1 aromatic heterocycles. The second-order valence-electron chi connectivity index (χ2n) is 17.0. The molecule has 0 saturated carbocycles. The van der Waals surface area contributed by atoms with Crippen LogP contribution in [0.5, 0.6) is 0 Å². The van der Waals surface area contributed by atoms with Gasteiger partial charge in [-0.25, -0.2) is 0 Å². The third-order valence-electron chi connectivity index (χ3n) is 10.9. The van der Waals surface area contributed by atoms with Crippen molar-refractivity contribution < 1.29 is 61.8 Å². The molecule has 21 nitrogen and oxygen atoms in total. The van der Waals surface area contributed by atoms with Gasteiger partial charge in [0.2, 0.25) is 23.6 Å². The van der Waals surface area contributed by atoms with Gasteiger partial charge < -0.3 is 69.6 Å².